The molecule has 0 saturated carbocycles. The minimum Gasteiger partial charge on any atom is -0.394 e. The number of nitrogens with zero attached hydrogens (tertiary/aromatic N) is 1. The van der Waals surface area contributed by atoms with Gasteiger partial charge in [-0.05, 0) is 12.8 Å². The molecule has 0 aliphatic carbocycles. The molecule has 5 atom stereocenters. The third kappa shape index (κ3) is 2.50. The van der Waals surface area contributed by atoms with E-state index >= 15 is 0 Å². The van der Waals surface area contributed by atoms with E-state index in [0.717, 1.165) is 12.8 Å². The van der Waals surface area contributed by atoms with Crippen molar-refractivity contribution in [3.8, 4) is 0 Å². The smallest absolute Gasteiger partial charge is 0.221 e. The molecule has 2 aliphatic heterocycles. The first-order valence-electron chi connectivity index (χ1n) is 6.20. The summed E-state index contributed by atoms with van der Waals surface area (Å²) in [6.07, 6.45) is -2.11. The minimum atomic E-state index is -1.10. The van der Waals surface area contributed by atoms with Crippen LogP contribution in [-0.4, -0.2) is 70.4 Å². The quantitative estimate of drug-likeness (QED) is 0.450. The lowest BCUT2D eigenvalue weighted by Crippen LogP contribution is -2.50. The van der Waals surface area contributed by atoms with Crippen molar-refractivity contribution in [3.05, 3.63) is 0 Å². The van der Waals surface area contributed by atoms with Crippen molar-refractivity contribution in [1.82, 2.24) is 4.90 Å². The van der Waals surface area contributed by atoms with Crippen LogP contribution in [0.2, 0.25) is 0 Å². The number of aliphatic hydroxyl groups is 3. The summed E-state index contributed by atoms with van der Waals surface area (Å²) < 4.78 is 5.43. The van der Waals surface area contributed by atoms with Gasteiger partial charge in [0.25, 0.3) is 0 Å². The number of amides is 1. The maximum absolute atomic E-state index is 11.2. The lowest BCUT2D eigenvalue weighted by Gasteiger charge is -2.36. The van der Waals surface area contributed by atoms with Crippen LogP contribution >= 0.6 is 0 Å². The molecule has 7 heteroatoms. The Labute approximate surface area is 105 Å². The molecule has 7 nitrogen and oxygen atoms in total. The van der Waals surface area contributed by atoms with Gasteiger partial charge >= 0.3 is 0 Å². The summed E-state index contributed by atoms with van der Waals surface area (Å²) in [5.74, 6) is -0.605. The zero-order valence-corrected chi connectivity index (χ0v) is 10.1. The first-order valence-corrected chi connectivity index (χ1v) is 6.20. The number of nitrogens with two attached hydrogens (primary N) is 1. The molecule has 0 aromatic rings. The molecule has 104 valence electrons. The predicted octanol–water partition coefficient (Wildman–Crippen LogP) is -2.38. The SMILES string of the molecule is NC(=O)C1CCCN(C2OC(CO)C(O)C2O)C1. The van der Waals surface area contributed by atoms with Crippen LogP contribution in [-0.2, 0) is 9.53 Å². The van der Waals surface area contributed by atoms with E-state index in [-0.39, 0.29) is 18.4 Å². The van der Waals surface area contributed by atoms with Gasteiger partial charge in [0.2, 0.25) is 5.91 Å². The number of carbonyl (C=O) groups excluding carboxylic acids is 1. The largest absolute Gasteiger partial charge is 0.394 e. The fourth-order valence-electron chi connectivity index (χ4n) is 2.65. The Hall–Kier alpha value is -0.730. The maximum atomic E-state index is 11.2. The molecule has 5 N–H and O–H groups in total. The van der Waals surface area contributed by atoms with Gasteiger partial charge in [-0.25, -0.2) is 0 Å². The van der Waals surface area contributed by atoms with Crippen molar-refractivity contribution >= 4 is 5.91 Å². The molecular formula is C11H20N2O5. The molecule has 0 spiro atoms. The maximum Gasteiger partial charge on any atom is 0.221 e. The Morgan fingerprint density at radius 3 is 2.67 bits per heavy atom. The van der Waals surface area contributed by atoms with E-state index in [4.69, 9.17) is 15.6 Å². The zero-order chi connectivity index (χ0) is 13.3. The Morgan fingerprint density at radius 2 is 2.11 bits per heavy atom. The van der Waals surface area contributed by atoms with Crippen molar-refractivity contribution in [1.29, 1.82) is 0 Å². The van der Waals surface area contributed by atoms with Crippen LogP contribution < -0.4 is 5.73 Å². The topological polar surface area (TPSA) is 116 Å². The van der Waals surface area contributed by atoms with Crippen LogP contribution in [0.5, 0.6) is 0 Å². The minimum absolute atomic E-state index is 0.250. The molecule has 2 fully saturated rings. The van der Waals surface area contributed by atoms with E-state index in [1.54, 1.807) is 0 Å². The van der Waals surface area contributed by atoms with Crippen molar-refractivity contribution < 1.29 is 24.9 Å². The van der Waals surface area contributed by atoms with Gasteiger partial charge in [-0.15, -0.1) is 0 Å². The highest BCUT2D eigenvalue weighted by atomic mass is 16.6. The van der Waals surface area contributed by atoms with Crippen LogP contribution in [0.3, 0.4) is 0 Å². The summed E-state index contributed by atoms with van der Waals surface area (Å²) in [4.78, 5) is 13.0. The normalized spacial score (nSPS) is 42.1. The molecule has 0 bridgehead atoms. The average molecular weight is 260 g/mol. The molecule has 18 heavy (non-hydrogen) atoms. The number of rotatable bonds is 3. The highest BCUT2D eigenvalue weighted by Gasteiger charge is 2.46. The second kappa shape index (κ2) is 5.50. The fraction of sp³-hybridized carbons (Fsp3) is 0.909. The first kappa shape index (κ1) is 13.7. The number of likely N-dealkylation sites (tertiary alicyclic amines) is 1. The molecule has 5 unspecified atom stereocenters. The molecule has 2 saturated heterocycles. The highest BCUT2D eigenvalue weighted by molar-refractivity contribution is 5.76. The summed E-state index contributed by atoms with van der Waals surface area (Å²) in [6, 6.07) is 0. The van der Waals surface area contributed by atoms with E-state index in [0.29, 0.717) is 13.1 Å². The number of ether oxygens (including phenoxy) is 1. The number of hydrogen-bond donors (Lipinski definition) is 4. The number of carbonyl (C=O) groups is 1. The molecule has 1 amide bonds. The van der Waals surface area contributed by atoms with E-state index in [9.17, 15) is 15.0 Å². The van der Waals surface area contributed by atoms with Crippen LogP contribution in [0.1, 0.15) is 12.8 Å². The lowest BCUT2D eigenvalue weighted by atomic mass is 9.96. The second-order valence-electron chi connectivity index (χ2n) is 4.97. The van der Waals surface area contributed by atoms with Gasteiger partial charge in [0.1, 0.15) is 24.5 Å². The Balaban J connectivity index is 2.01. The van der Waals surface area contributed by atoms with E-state index in [1.165, 1.54) is 0 Å². The molecule has 2 rings (SSSR count). The van der Waals surface area contributed by atoms with Crippen LogP contribution in [0, 0.1) is 5.92 Å². The average Bonchev–Trinajstić information content (AvgIpc) is 2.66. The Kier molecular flexibility index (Phi) is 4.18. The van der Waals surface area contributed by atoms with Gasteiger partial charge in [-0.2, -0.15) is 0 Å². The fourth-order valence-corrected chi connectivity index (χ4v) is 2.65. The van der Waals surface area contributed by atoms with Gasteiger partial charge in [0, 0.05) is 13.1 Å². The van der Waals surface area contributed by atoms with Gasteiger partial charge < -0.3 is 25.8 Å². The standard InChI is InChI=1S/C11H20N2O5/c12-10(17)6-2-1-3-13(4-6)11-9(16)8(15)7(5-14)18-11/h6-9,11,14-16H,1-5H2,(H2,12,17). The zero-order valence-electron chi connectivity index (χ0n) is 10.1. The highest BCUT2D eigenvalue weighted by Crippen LogP contribution is 2.27. The second-order valence-corrected chi connectivity index (χ2v) is 4.97. The third-order valence-corrected chi connectivity index (χ3v) is 3.73. The monoisotopic (exact) mass is 260 g/mol. The third-order valence-electron chi connectivity index (χ3n) is 3.73. The van der Waals surface area contributed by atoms with Gasteiger partial charge in [0.05, 0.1) is 12.5 Å². The molecule has 2 aliphatic rings. The predicted molar refractivity (Wildman–Crippen MR) is 61.3 cm³/mol. The Morgan fingerprint density at radius 1 is 1.39 bits per heavy atom. The van der Waals surface area contributed by atoms with E-state index in [1.807, 2.05) is 4.90 Å². The Bertz CT molecular complexity index is 314. The number of aliphatic hydroxyl groups excluding tert-OH is 3. The van der Waals surface area contributed by atoms with E-state index < -0.39 is 24.5 Å². The molecular weight excluding hydrogens is 240 g/mol. The van der Waals surface area contributed by atoms with Crippen LogP contribution in [0.25, 0.3) is 0 Å². The molecule has 0 aromatic heterocycles. The van der Waals surface area contributed by atoms with Crippen molar-refractivity contribution in [2.45, 2.75) is 37.4 Å². The number of primary amides is 1. The molecule has 0 aromatic carbocycles. The summed E-state index contributed by atoms with van der Waals surface area (Å²) in [7, 11) is 0. The van der Waals surface area contributed by atoms with Gasteiger partial charge in [-0.3, -0.25) is 9.69 Å². The van der Waals surface area contributed by atoms with Crippen LogP contribution in [0.15, 0.2) is 0 Å². The molecule has 2 heterocycles. The summed E-state index contributed by atoms with van der Waals surface area (Å²) in [5.41, 5.74) is 5.29. The number of hydrogen-bond acceptors (Lipinski definition) is 6. The van der Waals surface area contributed by atoms with Crippen molar-refractivity contribution in [2.24, 2.45) is 11.7 Å². The summed E-state index contributed by atoms with van der Waals surface area (Å²) >= 11 is 0. The van der Waals surface area contributed by atoms with Crippen LogP contribution in [0.4, 0.5) is 0 Å². The van der Waals surface area contributed by atoms with Crippen molar-refractivity contribution in [2.75, 3.05) is 19.7 Å². The first-order chi connectivity index (χ1) is 8.54. The lowest BCUT2D eigenvalue weighted by molar-refractivity contribution is -0.131. The number of piperidine rings is 1. The van der Waals surface area contributed by atoms with E-state index in [2.05, 4.69) is 0 Å². The molecule has 0 radical (unpaired) electrons. The summed E-state index contributed by atoms with van der Waals surface area (Å²) in [6.45, 7) is 0.750. The van der Waals surface area contributed by atoms with Gasteiger partial charge in [-0.1, -0.05) is 0 Å². The van der Waals surface area contributed by atoms with Gasteiger partial charge in [0.15, 0.2) is 0 Å². The summed E-state index contributed by atoms with van der Waals surface area (Å²) in [5, 5.41) is 28.6. The van der Waals surface area contributed by atoms with Crippen molar-refractivity contribution in [3.63, 3.8) is 0 Å².